The van der Waals surface area contributed by atoms with E-state index in [1.165, 1.54) is 26.2 Å². The molecule has 1 heterocycles. The second kappa shape index (κ2) is 5.17. The Morgan fingerprint density at radius 3 is 2.41 bits per heavy atom. The van der Waals surface area contributed by atoms with Crippen LogP contribution in [0.2, 0.25) is 0 Å². The molecule has 4 heteroatoms. The molecule has 1 aromatic rings. The number of H-pyrrole nitrogens is 1. The maximum Gasteiger partial charge on any atom is 0.267 e. The minimum Gasteiger partial charge on any atom is -0.348 e. The van der Waals surface area contributed by atoms with E-state index in [1.807, 2.05) is 0 Å². The zero-order valence-electron chi connectivity index (χ0n) is 10.1. The Hall–Kier alpha value is -1.58. The average molecular weight is 234 g/mol. The van der Waals surface area contributed by atoms with E-state index in [0.717, 1.165) is 12.8 Å². The fourth-order valence-electron chi connectivity index (χ4n) is 2.24. The number of hydrogen-bond acceptors (Lipinski definition) is 2. The zero-order chi connectivity index (χ0) is 12.3. The van der Waals surface area contributed by atoms with Gasteiger partial charge < -0.3 is 10.3 Å². The molecule has 1 aliphatic carbocycles. The molecular weight excluding hydrogens is 216 g/mol. The number of amides is 1. The predicted octanol–water partition coefficient (Wildman–Crippen LogP) is 2.28. The van der Waals surface area contributed by atoms with Crippen LogP contribution in [0.4, 0.5) is 0 Å². The van der Waals surface area contributed by atoms with E-state index in [0.29, 0.717) is 17.4 Å². The number of carbonyl (C=O) groups is 2. The molecule has 0 aromatic carbocycles. The zero-order valence-corrected chi connectivity index (χ0v) is 10.1. The minimum atomic E-state index is -0.107. The summed E-state index contributed by atoms with van der Waals surface area (Å²) in [7, 11) is 0. The molecule has 0 unspecified atom stereocenters. The quantitative estimate of drug-likeness (QED) is 0.788. The Morgan fingerprint density at radius 2 is 1.82 bits per heavy atom. The van der Waals surface area contributed by atoms with Crippen molar-refractivity contribution in [3.8, 4) is 0 Å². The van der Waals surface area contributed by atoms with Crippen LogP contribution in [0, 0.1) is 0 Å². The largest absolute Gasteiger partial charge is 0.348 e. The maximum atomic E-state index is 11.9. The number of carbonyl (C=O) groups excluding carboxylic acids is 2. The first-order valence-electron chi connectivity index (χ1n) is 6.17. The Bertz CT molecular complexity index is 417. The lowest BCUT2D eigenvalue weighted by molar-refractivity contribution is 0.0923. The molecule has 4 nitrogen and oxygen atoms in total. The summed E-state index contributed by atoms with van der Waals surface area (Å²) in [6.45, 7) is 1.48. The highest BCUT2D eigenvalue weighted by atomic mass is 16.2. The molecule has 2 rings (SSSR count). The lowest BCUT2D eigenvalue weighted by Gasteiger charge is -2.22. The molecule has 0 radical (unpaired) electrons. The molecule has 0 aliphatic heterocycles. The number of hydrogen-bond donors (Lipinski definition) is 2. The average Bonchev–Trinajstić information content (AvgIpc) is 2.79. The van der Waals surface area contributed by atoms with Crippen LogP contribution in [0.25, 0.3) is 0 Å². The van der Waals surface area contributed by atoms with Gasteiger partial charge in [-0.15, -0.1) is 0 Å². The van der Waals surface area contributed by atoms with Crippen molar-refractivity contribution in [3.05, 3.63) is 23.5 Å². The van der Waals surface area contributed by atoms with E-state index in [-0.39, 0.29) is 11.7 Å². The lowest BCUT2D eigenvalue weighted by Crippen LogP contribution is -2.36. The summed E-state index contributed by atoms with van der Waals surface area (Å²) in [5, 5.41) is 3.01. The molecule has 0 saturated heterocycles. The van der Waals surface area contributed by atoms with Crippen molar-refractivity contribution in [2.45, 2.75) is 45.1 Å². The van der Waals surface area contributed by atoms with Crippen molar-refractivity contribution in [2.24, 2.45) is 0 Å². The number of rotatable bonds is 3. The molecule has 1 amide bonds. The monoisotopic (exact) mass is 234 g/mol. The van der Waals surface area contributed by atoms with Crippen LogP contribution >= 0.6 is 0 Å². The minimum absolute atomic E-state index is 0.0540. The number of aromatic amines is 1. The van der Waals surface area contributed by atoms with Crippen LogP contribution in [0.3, 0.4) is 0 Å². The van der Waals surface area contributed by atoms with Crippen molar-refractivity contribution in [1.29, 1.82) is 0 Å². The predicted molar refractivity (Wildman–Crippen MR) is 65.1 cm³/mol. The summed E-state index contributed by atoms with van der Waals surface area (Å²) in [4.78, 5) is 25.8. The second-order valence-corrected chi connectivity index (χ2v) is 4.65. The molecule has 0 bridgehead atoms. The van der Waals surface area contributed by atoms with Gasteiger partial charge in [0.15, 0.2) is 5.78 Å². The molecule has 0 atom stereocenters. The molecule has 1 aliphatic rings. The van der Waals surface area contributed by atoms with Crippen LogP contribution in [0.15, 0.2) is 12.1 Å². The van der Waals surface area contributed by atoms with Crippen molar-refractivity contribution >= 4 is 11.7 Å². The van der Waals surface area contributed by atoms with Crippen molar-refractivity contribution < 1.29 is 9.59 Å². The number of nitrogens with one attached hydrogen (secondary N) is 2. The normalized spacial score (nSPS) is 16.8. The molecule has 92 valence electrons. The molecular formula is C13H18N2O2. The highest BCUT2D eigenvalue weighted by Crippen LogP contribution is 2.17. The van der Waals surface area contributed by atoms with Crippen LogP contribution in [0.1, 0.15) is 60.0 Å². The maximum absolute atomic E-state index is 11.9. The highest BCUT2D eigenvalue weighted by Gasteiger charge is 2.17. The van der Waals surface area contributed by atoms with Crippen molar-refractivity contribution in [2.75, 3.05) is 0 Å². The van der Waals surface area contributed by atoms with Gasteiger partial charge in [0, 0.05) is 13.0 Å². The van der Waals surface area contributed by atoms with Gasteiger partial charge >= 0.3 is 0 Å². The third-order valence-electron chi connectivity index (χ3n) is 3.25. The molecule has 0 spiro atoms. The first-order chi connectivity index (χ1) is 8.16. The molecule has 1 saturated carbocycles. The smallest absolute Gasteiger partial charge is 0.267 e. The molecule has 1 fully saturated rings. The van der Waals surface area contributed by atoms with E-state index in [2.05, 4.69) is 10.3 Å². The standard InChI is InChI=1S/C13H18N2O2/c1-9(16)11-7-8-12(15-11)13(17)14-10-5-3-2-4-6-10/h7-8,10,15H,2-6H2,1H3,(H,14,17). The van der Waals surface area contributed by atoms with Crippen molar-refractivity contribution in [1.82, 2.24) is 10.3 Å². The highest BCUT2D eigenvalue weighted by molar-refractivity contribution is 5.97. The van der Waals surface area contributed by atoms with Gasteiger partial charge in [0.2, 0.25) is 0 Å². The third kappa shape index (κ3) is 2.96. The first kappa shape index (κ1) is 11.9. The number of ketones is 1. The Labute approximate surface area is 101 Å². The van der Waals surface area contributed by atoms with Gasteiger partial charge in [-0.1, -0.05) is 19.3 Å². The third-order valence-corrected chi connectivity index (χ3v) is 3.25. The van der Waals surface area contributed by atoms with Gasteiger partial charge in [0.05, 0.1) is 5.69 Å². The summed E-state index contributed by atoms with van der Waals surface area (Å²) in [5.74, 6) is -0.161. The van der Waals surface area contributed by atoms with Gasteiger partial charge in [0.25, 0.3) is 5.91 Å². The molecule has 1 aromatic heterocycles. The van der Waals surface area contributed by atoms with E-state index in [4.69, 9.17) is 0 Å². The van der Waals surface area contributed by atoms with Gasteiger partial charge in [-0.25, -0.2) is 0 Å². The summed E-state index contributed by atoms with van der Waals surface area (Å²) >= 11 is 0. The lowest BCUT2D eigenvalue weighted by atomic mass is 9.95. The van der Waals surface area contributed by atoms with Crippen LogP contribution in [-0.4, -0.2) is 22.7 Å². The summed E-state index contributed by atoms with van der Waals surface area (Å²) in [6, 6.07) is 3.60. The summed E-state index contributed by atoms with van der Waals surface area (Å²) in [5.41, 5.74) is 0.958. The summed E-state index contributed by atoms with van der Waals surface area (Å²) in [6.07, 6.45) is 5.77. The Balaban J connectivity index is 1.96. The van der Waals surface area contributed by atoms with E-state index < -0.39 is 0 Å². The fourth-order valence-corrected chi connectivity index (χ4v) is 2.24. The number of Topliss-reactive ketones (excluding diaryl/α,β-unsaturated/α-hetero) is 1. The topological polar surface area (TPSA) is 62.0 Å². The number of aromatic nitrogens is 1. The summed E-state index contributed by atoms with van der Waals surface area (Å²) < 4.78 is 0. The Morgan fingerprint density at radius 1 is 1.18 bits per heavy atom. The first-order valence-corrected chi connectivity index (χ1v) is 6.17. The van der Waals surface area contributed by atoms with Gasteiger partial charge in [-0.2, -0.15) is 0 Å². The van der Waals surface area contributed by atoms with Gasteiger partial charge in [-0.3, -0.25) is 9.59 Å². The van der Waals surface area contributed by atoms with Gasteiger partial charge in [0.1, 0.15) is 5.69 Å². The fraction of sp³-hybridized carbons (Fsp3) is 0.538. The van der Waals surface area contributed by atoms with Crippen molar-refractivity contribution in [3.63, 3.8) is 0 Å². The van der Waals surface area contributed by atoms with Gasteiger partial charge in [-0.05, 0) is 25.0 Å². The molecule has 17 heavy (non-hydrogen) atoms. The van der Waals surface area contributed by atoms with E-state index >= 15 is 0 Å². The second-order valence-electron chi connectivity index (χ2n) is 4.65. The van der Waals surface area contributed by atoms with Crippen LogP contribution in [0.5, 0.6) is 0 Å². The van der Waals surface area contributed by atoms with E-state index in [9.17, 15) is 9.59 Å². The molecule has 2 N–H and O–H groups in total. The van der Waals surface area contributed by atoms with Crippen LogP contribution in [-0.2, 0) is 0 Å². The Kier molecular flexibility index (Phi) is 3.61. The SMILES string of the molecule is CC(=O)c1ccc(C(=O)NC2CCCCC2)[nH]1. The van der Waals surface area contributed by atoms with E-state index in [1.54, 1.807) is 12.1 Å². The van der Waals surface area contributed by atoms with Crippen LogP contribution < -0.4 is 5.32 Å².